The van der Waals surface area contributed by atoms with Crippen LogP contribution in [0.1, 0.15) is 57.8 Å². The summed E-state index contributed by atoms with van der Waals surface area (Å²) < 4.78 is 16.5. The highest BCUT2D eigenvalue weighted by atomic mass is 32.1. The first-order chi connectivity index (χ1) is 20.1. The molecule has 11 heteroatoms. The van der Waals surface area contributed by atoms with Crippen molar-refractivity contribution in [1.82, 2.24) is 23.8 Å². The minimum Gasteiger partial charge on any atom is -0.496 e. The Labute approximate surface area is 249 Å². The van der Waals surface area contributed by atoms with Crippen molar-refractivity contribution in [2.24, 2.45) is 5.92 Å². The van der Waals surface area contributed by atoms with Gasteiger partial charge in [-0.05, 0) is 51.7 Å². The summed E-state index contributed by atoms with van der Waals surface area (Å²) >= 11 is 1.33. The Morgan fingerprint density at radius 2 is 1.83 bits per heavy atom. The number of para-hydroxylation sites is 1. The molecule has 3 aromatic heterocycles. The first-order valence-corrected chi connectivity index (χ1v) is 15.2. The van der Waals surface area contributed by atoms with E-state index in [4.69, 9.17) is 9.47 Å². The fraction of sp³-hybridized carbons (Fsp3) is 0.484. The molecule has 4 heterocycles. The van der Waals surface area contributed by atoms with Gasteiger partial charge in [-0.2, -0.15) is 5.10 Å². The zero-order chi connectivity index (χ0) is 30.2. The summed E-state index contributed by atoms with van der Waals surface area (Å²) in [5, 5.41) is 5.52. The van der Waals surface area contributed by atoms with E-state index in [0.29, 0.717) is 41.2 Å². The second-order valence-electron chi connectivity index (χ2n) is 11.7. The Hall–Kier alpha value is -3.70. The number of amides is 1. The molecule has 5 rings (SSSR count). The van der Waals surface area contributed by atoms with Crippen molar-refractivity contribution >= 4 is 27.5 Å². The van der Waals surface area contributed by atoms with Gasteiger partial charge in [0.05, 0.1) is 19.0 Å². The lowest BCUT2D eigenvalue weighted by Gasteiger charge is -2.31. The molecular formula is C31H39N5O5S. The molecule has 0 radical (unpaired) electrons. The van der Waals surface area contributed by atoms with Crippen LogP contribution in [0.5, 0.6) is 5.75 Å². The third-order valence-corrected chi connectivity index (χ3v) is 9.14. The van der Waals surface area contributed by atoms with Gasteiger partial charge in [-0.15, -0.1) is 0 Å². The van der Waals surface area contributed by atoms with E-state index in [1.54, 1.807) is 41.3 Å². The van der Waals surface area contributed by atoms with E-state index >= 15 is 0 Å². The summed E-state index contributed by atoms with van der Waals surface area (Å²) in [6, 6.07) is 9.40. The van der Waals surface area contributed by atoms with Crippen molar-refractivity contribution in [2.45, 2.75) is 65.6 Å². The van der Waals surface area contributed by atoms with Crippen molar-refractivity contribution in [2.75, 3.05) is 26.8 Å². The van der Waals surface area contributed by atoms with Crippen molar-refractivity contribution < 1.29 is 14.3 Å². The molecule has 0 spiro atoms. The van der Waals surface area contributed by atoms with Crippen molar-refractivity contribution in [3.63, 3.8) is 0 Å². The van der Waals surface area contributed by atoms with E-state index in [1.807, 2.05) is 43.5 Å². The molecule has 0 saturated carbocycles. The summed E-state index contributed by atoms with van der Waals surface area (Å²) in [6.07, 6.45) is 4.74. The molecule has 224 valence electrons. The number of aromatic nitrogens is 4. The van der Waals surface area contributed by atoms with Gasteiger partial charge in [-0.1, -0.05) is 43.4 Å². The molecule has 1 aromatic carbocycles. The van der Waals surface area contributed by atoms with Crippen LogP contribution in [0.3, 0.4) is 0 Å². The predicted molar refractivity (Wildman–Crippen MR) is 164 cm³/mol. The number of methoxy groups -OCH3 is 1. The SMILES string of the molecule is COc1ccccc1[C@H](Cn1c(=O)n(C(C)(C)C(=O)N2CCCC2)c(=O)c2c(C)c(-n3cccn3)sc21)OCC(C)C. The van der Waals surface area contributed by atoms with Gasteiger partial charge in [0.1, 0.15) is 27.2 Å². The number of likely N-dealkylation sites (tertiary alicyclic amines) is 1. The average molecular weight is 594 g/mol. The molecule has 1 aliphatic heterocycles. The van der Waals surface area contributed by atoms with E-state index < -0.39 is 22.9 Å². The van der Waals surface area contributed by atoms with Crippen LogP contribution >= 0.6 is 11.3 Å². The number of carbonyl (C=O) groups is 1. The Bertz CT molecular complexity index is 1690. The molecule has 1 fully saturated rings. The summed E-state index contributed by atoms with van der Waals surface area (Å²) in [5.74, 6) is 0.663. The average Bonchev–Trinajstić information content (AvgIpc) is 3.74. The van der Waals surface area contributed by atoms with Gasteiger partial charge in [0, 0.05) is 43.2 Å². The number of fused-ring (bicyclic) bond motifs is 1. The molecular weight excluding hydrogens is 554 g/mol. The Kier molecular flexibility index (Phi) is 8.43. The molecule has 0 bridgehead atoms. The van der Waals surface area contributed by atoms with Crippen LogP contribution in [0.15, 0.2) is 52.3 Å². The summed E-state index contributed by atoms with van der Waals surface area (Å²) in [5.41, 5.74) is -0.925. The quantitative estimate of drug-likeness (QED) is 0.269. The first-order valence-electron chi connectivity index (χ1n) is 14.4. The maximum Gasteiger partial charge on any atom is 0.333 e. The lowest BCUT2D eigenvalue weighted by Crippen LogP contribution is -2.56. The van der Waals surface area contributed by atoms with Gasteiger partial charge < -0.3 is 14.4 Å². The normalized spacial score (nSPS) is 14.7. The maximum absolute atomic E-state index is 14.5. The number of thiophene rings is 1. The number of carbonyl (C=O) groups excluding carboxylic acids is 1. The number of aryl methyl sites for hydroxylation is 1. The lowest BCUT2D eigenvalue weighted by molar-refractivity contribution is -0.138. The van der Waals surface area contributed by atoms with Crippen molar-refractivity contribution in [3.8, 4) is 10.8 Å². The number of rotatable bonds is 10. The van der Waals surface area contributed by atoms with E-state index in [2.05, 4.69) is 18.9 Å². The van der Waals surface area contributed by atoms with Crippen LogP contribution in [0.2, 0.25) is 0 Å². The van der Waals surface area contributed by atoms with E-state index in [0.717, 1.165) is 28.0 Å². The highest BCUT2D eigenvalue weighted by Gasteiger charge is 2.39. The van der Waals surface area contributed by atoms with Gasteiger partial charge in [0.2, 0.25) is 5.91 Å². The van der Waals surface area contributed by atoms with E-state index in [-0.39, 0.29) is 18.4 Å². The number of hydrogen-bond acceptors (Lipinski definition) is 7. The smallest absolute Gasteiger partial charge is 0.333 e. The number of ether oxygens (including phenoxy) is 2. The largest absolute Gasteiger partial charge is 0.496 e. The van der Waals surface area contributed by atoms with Crippen LogP contribution in [0, 0.1) is 12.8 Å². The number of hydrogen-bond donors (Lipinski definition) is 0. The molecule has 1 amide bonds. The lowest BCUT2D eigenvalue weighted by atomic mass is 10.0. The molecule has 0 aliphatic carbocycles. The first kappa shape index (κ1) is 29.8. The topological polar surface area (TPSA) is 101 Å². The fourth-order valence-corrected chi connectivity index (χ4v) is 6.89. The van der Waals surface area contributed by atoms with E-state index in [1.165, 1.54) is 11.3 Å². The van der Waals surface area contributed by atoms with Gasteiger partial charge in [0.25, 0.3) is 5.56 Å². The standard InChI is InChI=1S/C31H39N5O5S/c1-20(2)19-41-24(22-12-7-8-13-23(22)40-6)18-34-28-25(21(3)27(42-28)35-17-11-14-32-35)26(37)36(30(34)39)31(4,5)29(38)33-15-9-10-16-33/h7-8,11-14,17,20,24H,9-10,15-16,18-19H2,1-6H3/t24-/m0/s1. The fourth-order valence-electron chi connectivity index (χ4n) is 5.65. The minimum absolute atomic E-state index is 0.120. The van der Waals surface area contributed by atoms with Crippen LogP contribution in [-0.2, 0) is 21.6 Å². The minimum atomic E-state index is -1.40. The Morgan fingerprint density at radius 1 is 1.12 bits per heavy atom. The molecule has 0 unspecified atom stereocenters. The predicted octanol–water partition coefficient (Wildman–Crippen LogP) is 4.50. The maximum atomic E-state index is 14.5. The van der Waals surface area contributed by atoms with Crippen molar-refractivity contribution in [1.29, 1.82) is 0 Å². The summed E-state index contributed by atoms with van der Waals surface area (Å²) in [4.78, 5) is 44.8. The third kappa shape index (κ3) is 5.31. The zero-order valence-corrected chi connectivity index (χ0v) is 25.9. The number of nitrogens with zero attached hydrogens (tertiary/aromatic N) is 5. The van der Waals surface area contributed by atoms with Crippen LogP contribution in [-0.4, -0.2) is 56.5 Å². The van der Waals surface area contributed by atoms with Gasteiger partial charge in [-0.3, -0.25) is 14.2 Å². The number of benzene rings is 1. The van der Waals surface area contributed by atoms with Gasteiger partial charge in [0.15, 0.2) is 0 Å². The van der Waals surface area contributed by atoms with Crippen LogP contribution < -0.4 is 16.0 Å². The molecule has 1 aliphatic rings. The molecule has 1 saturated heterocycles. The van der Waals surface area contributed by atoms with Crippen molar-refractivity contribution in [3.05, 3.63) is 74.7 Å². The van der Waals surface area contributed by atoms with Crippen LogP contribution in [0.25, 0.3) is 15.2 Å². The molecule has 42 heavy (non-hydrogen) atoms. The second-order valence-corrected chi connectivity index (χ2v) is 12.7. The van der Waals surface area contributed by atoms with Crippen LogP contribution in [0.4, 0.5) is 0 Å². The Morgan fingerprint density at radius 3 is 2.48 bits per heavy atom. The molecule has 0 N–H and O–H groups in total. The third-order valence-electron chi connectivity index (χ3n) is 7.84. The monoisotopic (exact) mass is 593 g/mol. The van der Waals surface area contributed by atoms with Gasteiger partial charge in [-0.25, -0.2) is 14.0 Å². The molecule has 10 nitrogen and oxygen atoms in total. The summed E-state index contributed by atoms with van der Waals surface area (Å²) in [6.45, 7) is 11.1. The highest BCUT2D eigenvalue weighted by Crippen LogP contribution is 2.34. The highest BCUT2D eigenvalue weighted by molar-refractivity contribution is 7.21. The van der Waals surface area contributed by atoms with E-state index in [9.17, 15) is 14.4 Å². The van der Waals surface area contributed by atoms with Gasteiger partial charge >= 0.3 is 5.69 Å². The Balaban J connectivity index is 1.76. The molecule has 4 aromatic rings. The molecule has 1 atom stereocenters. The second kappa shape index (κ2) is 11.9. The summed E-state index contributed by atoms with van der Waals surface area (Å²) in [7, 11) is 1.61. The zero-order valence-electron chi connectivity index (χ0n) is 25.1.